The van der Waals surface area contributed by atoms with Gasteiger partial charge in [0.15, 0.2) is 0 Å². The molecule has 0 saturated carbocycles. The van der Waals surface area contributed by atoms with Gasteiger partial charge in [0.25, 0.3) is 0 Å². The fourth-order valence-corrected chi connectivity index (χ4v) is 1.98. The fraction of sp³-hybridized carbons (Fsp3) is 1.00. The molecular weight excluding hydrogens is 160 g/mol. The minimum atomic E-state index is 0.741. The molecule has 0 radical (unpaired) electrons. The molecule has 0 aliphatic carbocycles. The maximum atomic E-state index is 2.62. The molecule has 2 atom stereocenters. The molecule has 0 bridgehead atoms. The predicted molar refractivity (Wildman–Crippen MR) is 58.0 cm³/mol. The van der Waals surface area contributed by atoms with Crippen LogP contribution in [-0.2, 0) is 0 Å². The molecule has 0 amide bonds. The molecule has 1 fully saturated rings. The number of likely N-dealkylation sites (N-methyl/N-ethyl adjacent to an activating group) is 1. The van der Waals surface area contributed by atoms with Crippen molar-refractivity contribution < 1.29 is 0 Å². The lowest BCUT2D eigenvalue weighted by atomic mass is 10.1. The van der Waals surface area contributed by atoms with E-state index in [0.717, 1.165) is 18.0 Å². The van der Waals surface area contributed by atoms with Crippen LogP contribution in [0.2, 0.25) is 0 Å². The van der Waals surface area contributed by atoms with E-state index in [2.05, 4.69) is 44.7 Å². The maximum absolute atomic E-state index is 2.62. The van der Waals surface area contributed by atoms with Crippen LogP contribution in [0.5, 0.6) is 0 Å². The zero-order valence-corrected chi connectivity index (χ0v) is 9.75. The quantitative estimate of drug-likeness (QED) is 0.658. The minimum Gasteiger partial charge on any atom is -0.305 e. The zero-order valence-electron chi connectivity index (χ0n) is 9.75. The van der Waals surface area contributed by atoms with Crippen molar-refractivity contribution in [1.82, 2.24) is 9.80 Å². The first-order valence-corrected chi connectivity index (χ1v) is 5.43. The summed E-state index contributed by atoms with van der Waals surface area (Å²) >= 11 is 0. The number of rotatable bonds is 3. The van der Waals surface area contributed by atoms with Crippen LogP contribution in [0.1, 0.15) is 27.2 Å². The van der Waals surface area contributed by atoms with Gasteiger partial charge in [-0.2, -0.15) is 0 Å². The van der Waals surface area contributed by atoms with Crippen LogP contribution in [0.3, 0.4) is 0 Å². The average Bonchev–Trinajstić information content (AvgIpc) is 2.50. The molecule has 2 heteroatoms. The van der Waals surface area contributed by atoms with Crippen molar-refractivity contribution in [1.29, 1.82) is 0 Å². The largest absolute Gasteiger partial charge is 0.305 e. The van der Waals surface area contributed by atoms with Gasteiger partial charge in [-0.3, -0.25) is 4.90 Å². The summed E-state index contributed by atoms with van der Waals surface area (Å²) in [5.41, 5.74) is 0. The Bertz CT molecular complexity index is 154. The topological polar surface area (TPSA) is 6.48 Å². The van der Waals surface area contributed by atoms with E-state index < -0.39 is 0 Å². The van der Waals surface area contributed by atoms with E-state index in [1.165, 1.54) is 19.5 Å². The lowest BCUT2D eigenvalue weighted by Crippen LogP contribution is -2.38. The molecule has 0 aromatic rings. The molecule has 0 N–H and O–H groups in total. The Balaban J connectivity index is 2.40. The Morgan fingerprint density at radius 3 is 2.23 bits per heavy atom. The molecule has 2 nitrogen and oxygen atoms in total. The first-order chi connectivity index (χ1) is 6.02. The van der Waals surface area contributed by atoms with Crippen molar-refractivity contribution in [3.8, 4) is 0 Å². The Kier molecular flexibility index (Phi) is 3.74. The van der Waals surface area contributed by atoms with E-state index in [0.29, 0.717) is 0 Å². The average molecular weight is 184 g/mol. The van der Waals surface area contributed by atoms with Gasteiger partial charge in [0.2, 0.25) is 0 Å². The molecular formula is C11H24N2. The Morgan fingerprint density at radius 1 is 1.23 bits per heavy atom. The summed E-state index contributed by atoms with van der Waals surface area (Å²) in [4.78, 5) is 4.97. The van der Waals surface area contributed by atoms with Crippen molar-refractivity contribution in [2.75, 3.05) is 27.2 Å². The van der Waals surface area contributed by atoms with Crippen molar-refractivity contribution in [2.45, 2.75) is 39.3 Å². The lowest BCUT2D eigenvalue weighted by molar-refractivity contribution is 0.189. The van der Waals surface area contributed by atoms with Crippen LogP contribution in [0.4, 0.5) is 0 Å². The smallest absolute Gasteiger partial charge is 0.0229 e. The summed E-state index contributed by atoms with van der Waals surface area (Å²) < 4.78 is 0. The van der Waals surface area contributed by atoms with Crippen molar-refractivity contribution >= 4 is 0 Å². The molecule has 78 valence electrons. The minimum absolute atomic E-state index is 0.741. The Labute approximate surface area is 82.9 Å². The first-order valence-electron chi connectivity index (χ1n) is 5.43. The summed E-state index contributed by atoms with van der Waals surface area (Å²) in [7, 11) is 4.38. The van der Waals surface area contributed by atoms with Crippen LogP contribution in [0.25, 0.3) is 0 Å². The normalized spacial score (nSPS) is 27.5. The molecule has 1 rings (SSSR count). The van der Waals surface area contributed by atoms with Crippen LogP contribution in [-0.4, -0.2) is 49.1 Å². The van der Waals surface area contributed by atoms with Crippen molar-refractivity contribution in [3.05, 3.63) is 0 Å². The molecule has 1 heterocycles. The van der Waals surface area contributed by atoms with Gasteiger partial charge in [0.05, 0.1) is 0 Å². The summed E-state index contributed by atoms with van der Waals surface area (Å²) in [6.45, 7) is 9.51. The van der Waals surface area contributed by atoms with Crippen LogP contribution >= 0.6 is 0 Å². The third kappa shape index (κ3) is 2.68. The van der Waals surface area contributed by atoms with Gasteiger partial charge in [0, 0.05) is 25.2 Å². The van der Waals surface area contributed by atoms with E-state index >= 15 is 0 Å². The second-order valence-corrected chi connectivity index (χ2v) is 4.89. The van der Waals surface area contributed by atoms with Crippen LogP contribution in [0, 0.1) is 5.92 Å². The summed E-state index contributed by atoms with van der Waals surface area (Å²) in [6.07, 6.45) is 1.34. The zero-order chi connectivity index (χ0) is 10.0. The molecule has 1 aliphatic heterocycles. The van der Waals surface area contributed by atoms with Gasteiger partial charge in [-0.1, -0.05) is 13.8 Å². The number of hydrogen-bond donors (Lipinski definition) is 0. The first kappa shape index (κ1) is 11.0. The van der Waals surface area contributed by atoms with Crippen LogP contribution < -0.4 is 0 Å². The third-order valence-electron chi connectivity index (χ3n) is 3.47. The molecule has 0 aromatic carbocycles. The van der Waals surface area contributed by atoms with Gasteiger partial charge >= 0.3 is 0 Å². The van der Waals surface area contributed by atoms with Gasteiger partial charge in [0.1, 0.15) is 0 Å². The van der Waals surface area contributed by atoms with E-state index in [9.17, 15) is 0 Å². The Morgan fingerprint density at radius 2 is 1.85 bits per heavy atom. The lowest BCUT2D eigenvalue weighted by Gasteiger charge is -2.28. The molecule has 1 aliphatic rings. The highest BCUT2D eigenvalue weighted by atomic mass is 15.2. The van der Waals surface area contributed by atoms with Gasteiger partial charge in [-0.15, -0.1) is 0 Å². The molecule has 13 heavy (non-hydrogen) atoms. The predicted octanol–water partition coefficient (Wildman–Crippen LogP) is 1.67. The van der Waals surface area contributed by atoms with E-state index in [1.807, 2.05) is 0 Å². The SMILES string of the molecule is CC(C)C(C)N1CCC(N(C)C)C1. The van der Waals surface area contributed by atoms with Gasteiger partial charge in [-0.05, 0) is 33.4 Å². The highest BCUT2D eigenvalue weighted by Crippen LogP contribution is 2.19. The highest BCUT2D eigenvalue weighted by molar-refractivity contribution is 4.84. The second-order valence-electron chi connectivity index (χ2n) is 4.89. The monoisotopic (exact) mass is 184 g/mol. The number of hydrogen-bond acceptors (Lipinski definition) is 2. The standard InChI is InChI=1S/C11H24N2/c1-9(2)10(3)13-7-6-11(8-13)12(4)5/h9-11H,6-8H2,1-5H3. The molecule has 1 saturated heterocycles. The van der Waals surface area contributed by atoms with E-state index in [-0.39, 0.29) is 0 Å². The summed E-state index contributed by atoms with van der Waals surface area (Å²) in [5, 5.41) is 0. The third-order valence-corrected chi connectivity index (χ3v) is 3.47. The van der Waals surface area contributed by atoms with Crippen molar-refractivity contribution in [3.63, 3.8) is 0 Å². The highest BCUT2D eigenvalue weighted by Gasteiger charge is 2.27. The molecule has 0 aromatic heterocycles. The van der Waals surface area contributed by atoms with E-state index in [1.54, 1.807) is 0 Å². The molecule has 2 unspecified atom stereocenters. The molecule has 0 spiro atoms. The number of likely N-dealkylation sites (tertiary alicyclic amines) is 1. The Hall–Kier alpha value is -0.0800. The van der Waals surface area contributed by atoms with Gasteiger partial charge < -0.3 is 4.90 Å². The second kappa shape index (κ2) is 4.43. The van der Waals surface area contributed by atoms with Gasteiger partial charge in [-0.25, -0.2) is 0 Å². The summed E-state index contributed by atoms with van der Waals surface area (Å²) in [5.74, 6) is 0.779. The fourth-order valence-electron chi connectivity index (χ4n) is 1.98. The maximum Gasteiger partial charge on any atom is 0.0229 e. The number of nitrogens with zero attached hydrogens (tertiary/aromatic N) is 2. The van der Waals surface area contributed by atoms with E-state index in [4.69, 9.17) is 0 Å². The van der Waals surface area contributed by atoms with Crippen molar-refractivity contribution in [2.24, 2.45) is 5.92 Å². The van der Waals surface area contributed by atoms with Crippen LogP contribution in [0.15, 0.2) is 0 Å². The summed E-state index contributed by atoms with van der Waals surface area (Å²) in [6, 6.07) is 1.52.